The first-order valence-corrected chi connectivity index (χ1v) is 9.85. The Labute approximate surface area is 151 Å². The molecule has 1 saturated heterocycles. The van der Waals surface area contributed by atoms with Crippen molar-refractivity contribution in [2.45, 2.75) is 24.2 Å². The van der Waals surface area contributed by atoms with Gasteiger partial charge in [-0.2, -0.15) is 9.29 Å². The van der Waals surface area contributed by atoms with Gasteiger partial charge in [0, 0.05) is 31.0 Å². The Kier molecular flexibility index (Phi) is 4.29. The molecule has 134 valence electrons. The fourth-order valence-electron chi connectivity index (χ4n) is 2.85. The van der Waals surface area contributed by atoms with E-state index in [1.165, 1.54) is 4.31 Å². The lowest BCUT2D eigenvalue weighted by Gasteiger charge is -2.35. The molecule has 2 aromatic heterocycles. The van der Waals surface area contributed by atoms with Gasteiger partial charge in [0.1, 0.15) is 0 Å². The standard InChI is InChI=1S/C18H18N4O3S/c1-2-13-5-7-16(8-6-13)26(23,24)22-11-15(12-22)18-20-17(21-25-18)14-4-3-9-19-10-14/h3-10,15H,2,11-12H2,1H3. The summed E-state index contributed by atoms with van der Waals surface area (Å²) in [4.78, 5) is 8.72. The predicted molar refractivity (Wildman–Crippen MR) is 94.8 cm³/mol. The highest BCUT2D eigenvalue weighted by molar-refractivity contribution is 7.89. The molecule has 0 aliphatic carbocycles. The van der Waals surface area contributed by atoms with Crippen molar-refractivity contribution in [2.24, 2.45) is 0 Å². The predicted octanol–water partition coefficient (Wildman–Crippen LogP) is 2.48. The Morgan fingerprint density at radius 1 is 1.19 bits per heavy atom. The molecule has 0 saturated carbocycles. The van der Waals surface area contributed by atoms with Gasteiger partial charge in [0.15, 0.2) is 0 Å². The number of hydrogen-bond donors (Lipinski definition) is 0. The van der Waals surface area contributed by atoms with Crippen LogP contribution < -0.4 is 0 Å². The van der Waals surface area contributed by atoms with E-state index in [0.717, 1.165) is 17.5 Å². The lowest BCUT2D eigenvalue weighted by atomic mass is 10.0. The van der Waals surface area contributed by atoms with Gasteiger partial charge >= 0.3 is 0 Å². The van der Waals surface area contributed by atoms with Gasteiger partial charge < -0.3 is 4.52 Å². The molecule has 3 heterocycles. The molecule has 0 bridgehead atoms. The van der Waals surface area contributed by atoms with Crippen molar-refractivity contribution in [1.82, 2.24) is 19.4 Å². The summed E-state index contributed by atoms with van der Waals surface area (Å²) in [6, 6.07) is 10.7. The van der Waals surface area contributed by atoms with Crippen LogP contribution in [0.5, 0.6) is 0 Å². The third kappa shape index (κ3) is 3.02. The molecule has 0 spiro atoms. The summed E-state index contributed by atoms with van der Waals surface area (Å²) in [5.74, 6) is 0.832. The minimum atomic E-state index is -3.48. The molecule has 26 heavy (non-hydrogen) atoms. The smallest absolute Gasteiger partial charge is 0.243 e. The molecule has 8 heteroatoms. The first-order valence-electron chi connectivity index (χ1n) is 8.41. The SMILES string of the molecule is CCc1ccc(S(=O)(=O)N2CC(c3nc(-c4cccnc4)no3)C2)cc1. The lowest BCUT2D eigenvalue weighted by molar-refractivity contribution is 0.217. The summed E-state index contributed by atoms with van der Waals surface area (Å²) in [6.45, 7) is 2.72. The molecule has 0 radical (unpaired) electrons. The number of sulfonamides is 1. The topological polar surface area (TPSA) is 89.2 Å². The summed E-state index contributed by atoms with van der Waals surface area (Å²) >= 11 is 0. The van der Waals surface area contributed by atoms with Gasteiger partial charge in [0.05, 0.1) is 10.8 Å². The average Bonchev–Trinajstić information content (AvgIpc) is 3.10. The maximum atomic E-state index is 12.7. The first kappa shape index (κ1) is 16.9. The quantitative estimate of drug-likeness (QED) is 0.685. The van der Waals surface area contributed by atoms with Crippen LogP contribution in [0.2, 0.25) is 0 Å². The van der Waals surface area contributed by atoms with Gasteiger partial charge in [-0.1, -0.05) is 24.2 Å². The Morgan fingerprint density at radius 3 is 2.62 bits per heavy atom. The van der Waals surface area contributed by atoms with E-state index < -0.39 is 10.0 Å². The Morgan fingerprint density at radius 2 is 1.96 bits per heavy atom. The van der Waals surface area contributed by atoms with Crippen molar-refractivity contribution >= 4 is 10.0 Å². The van der Waals surface area contributed by atoms with Crippen LogP contribution in [0.25, 0.3) is 11.4 Å². The van der Waals surface area contributed by atoms with Crippen LogP contribution in [0.3, 0.4) is 0 Å². The summed E-state index contributed by atoms with van der Waals surface area (Å²) in [6.07, 6.45) is 4.21. The second-order valence-electron chi connectivity index (χ2n) is 6.21. The fraction of sp³-hybridized carbons (Fsp3) is 0.278. The van der Waals surface area contributed by atoms with Gasteiger partial charge in [-0.25, -0.2) is 8.42 Å². The molecule has 7 nitrogen and oxygen atoms in total. The Balaban J connectivity index is 1.46. The van der Waals surface area contributed by atoms with E-state index in [2.05, 4.69) is 15.1 Å². The zero-order valence-electron chi connectivity index (χ0n) is 14.2. The van der Waals surface area contributed by atoms with Crippen molar-refractivity contribution in [2.75, 3.05) is 13.1 Å². The maximum Gasteiger partial charge on any atom is 0.243 e. The molecule has 1 fully saturated rings. The van der Waals surface area contributed by atoms with E-state index >= 15 is 0 Å². The molecule has 0 unspecified atom stereocenters. The highest BCUT2D eigenvalue weighted by Crippen LogP contribution is 2.32. The zero-order chi connectivity index (χ0) is 18.1. The van der Waals surface area contributed by atoms with Crippen LogP contribution in [0.15, 0.2) is 58.2 Å². The molecule has 4 rings (SSSR count). The minimum absolute atomic E-state index is 0.0855. The van der Waals surface area contributed by atoms with E-state index in [0.29, 0.717) is 29.7 Å². The number of aromatic nitrogens is 3. The van der Waals surface area contributed by atoms with Gasteiger partial charge in [0.25, 0.3) is 0 Å². The number of nitrogens with zero attached hydrogens (tertiary/aromatic N) is 4. The average molecular weight is 370 g/mol. The second kappa shape index (κ2) is 6.62. The molecule has 0 amide bonds. The third-order valence-corrected chi connectivity index (χ3v) is 6.37. The normalized spacial score (nSPS) is 15.7. The summed E-state index contributed by atoms with van der Waals surface area (Å²) in [5, 5.41) is 3.96. The molecular formula is C18H18N4O3S. The number of rotatable bonds is 5. The minimum Gasteiger partial charge on any atom is -0.339 e. The van der Waals surface area contributed by atoms with E-state index in [4.69, 9.17) is 4.52 Å². The molecule has 0 atom stereocenters. The Bertz CT molecular complexity index is 994. The second-order valence-corrected chi connectivity index (χ2v) is 8.15. The van der Waals surface area contributed by atoms with Crippen molar-refractivity contribution in [1.29, 1.82) is 0 Å². The summed E-state index contributed by atoms with van der Waals surface area (Å²) in [5.41, 5.74) is 1.88. The van der Waals surface area contributed by atoms with Crippen molar-refractivity contribution in [3.63, 3.8) is 0 Å². The number of aryl methyl sites for hydroxylation is 1. The number of hydrogen-bond acceptors (Lipinski definition) is 6. The molecule has 1 aromatic carbocycles. The van der Waals surface area contributed by atoms with Crippen LogP contribution >= 0.6 is 0 Å². The zero-order valence-corrected chi connectivity index (χ0v) is 15.1. The van der Waals surface area contributed by atoms with Crippen LogP contribution in [0.1, 0.15) is 24.3 Å². The largest absolute Gasteiger partial charge is 0.339 e. The molecule has 0 N–H and O–H groups in total. The third-order valence-electron chi connectivity index (χ3n) is 4.53. The van der Waals surface area contributed by atoms with Gasteiger partial charge in [-0.05, 0) is 36.2 Å². The molecule has 1 aliphatic heterocycles. The Hall–Kier alpha value is -2.58. The van der Waals surface area contributed by atoms with E-state index in [1.54, 1.807) is 30.6 Å². The highest BCUT2D eigenvalue weighted by Gasteiger charge is 2.40. The van der Waals surface area contributed by atoms with E-state index in [1.807, 2.05) is 25.1 Å². The van der Waals surface area contributed by atoms with Gasteiger partial charge in [-0.3, -0.25) is 4.98 Å². The van der Waals surface area contributed by atoms with Crippen LogP contribution in [0.4, 0.5) is 0 Å². The van der Waals surface area contributed by atoms with Crippen molar-refractivity contribution < 1.29 is 12.9 Å². The summed E-state index contributed by atoms with van der Waals surface area (Å²) in [7, 11) is -3.48. The fourth-order valence-corrected chi connectivity index (χ4v) is 4.38. The van der Waals surface area contributed by atoms with Crippen LogP contribution in [0, 0.1) is 0 Å². The van der Waals surface area contributed by atoms with Crippen molar-refractivity contribution in [3.8, 4) is 11.4 Å². The van der Waals surface area contributed by atoms with Crippen molar-refractivity contribution in [3.05, 3.63) is 60.2 Å². The highest BCUT2D eigenvalue weighted by atomic mass is 32.2. The van der Waals surface area contributed by atoms with Crippen LogP contribution in [-0.4, -0.2) is 40.9 Å². The number of benzene rings is 1. The van der Waals surface area contributed by atoms with Gasteiger partial charge in [0.2, 0.25) is 21.7 Å². The number of pyridine rings is 1. The monoisotopic (exact) mass is 370 g/mol. The van der Waals surface area contributed by atoms with Crippen LogP contribution in [-0.2, 0) is 16.4 Å². The summed E-state index contributed by atoms with van der Waals surface area (Å²) < 4.78 is 32.1. The first-order chi connectivity index (χ1) is 12.6. The lowest BCUT2D eigenvalue weighted by Crippen LogP contribution is -2.48. The van der Waals surface area contributed by atoms with Gasteiger partial charge in [-0.15, -0.1) is 0 Å². The van der Waals surface area contributed by atoms with E-state index in [9.17, 15) is 8.42 Å². The molecule has 3 aromatic rings. The molecule has 1 aliphatic rings. The van der Waals surface area contributed by atoms with E-state index in [-0.39, 0.29) is 5.92 Å². The maximum absolute atomic E-state index is 12.7. The molecular weight excluding hydrogens is 352 g/mol.